The predicted molar refractivity (Wildman–Crippen MR) is 68.0 cm³/mol. The van der Waals surface area contributed by atoms with Crippen LogP contribution in [-0.2, 0) is 4.79 Å². The van der Waals surface area contributed by atoms with Gasteiger partial charge in [-0.1, -0.05) is 20.8 Å². The van der Waals surface area contributed by atoms with Gasteiger partial charge in [0.15, 0.2) is 0 Å². The van der Waals surface area contributed by atoms with Crippen molar-refractivity contribution in [3.8, 4) is 0 Å². The maximum Gasteiger partial charge on any atom is 0.243 e. The fourth-order valence-corrected chi connectivity index (χ4v) is 1.42. The molecule has 1 amide bonds. The molecular formula is C11H16BrN3O. The van der Waals surface area contributed by atoms with Gasteiger partial charge in [-0.25, -0.2) is 4.98 Å². The molecule has 88 valence electrons. The fourth-order valence-electron chi connectivity index (χ4n) is 1.07. The van der Waals surface area contributed by atoms with Crippen molar-refractivity contribution in [3.05, 3.63) is 22.8 Å². The minimum absolute atomic E-state index is 0.230. The van der Waals surface area contributed by atoms with Crippen molar-refractivity contribution >= 4 is 27.7 Å². The molecule has 3 N–H and O–H groups in total. The van der Waals surface area contributed by atoms with E-state index in [1.807, 2.05) is 26.8 Å². The van der Waals surface area contributed by atoms with E-state index in [0.717, 1.165) is 4.47 Å². The lowest BCUT2D eigenvalue weighted by Gasteiger charge is -2.25. The van der Waals surface area contributed by atoms with E-state index >= 15 is 0 Å². The van der Waals surface area contributed by atoms with Gasteiger partial charge in [0.2, 0.25) is 5.91 Å². The maximum atomic E-state index is 11.8. The average molecular weight is 286 g/mol. The molecule has 0 spiro atoms. The zero-order valence-electron chi connectivity index (χ0n) is 9.62. The third-order valence-corrected chi connectivity index (χ3v) is 2.86. The second kappa shape index (κ2) is 4.93. The molecule has 16 heavy (non-hydrogen) atoms. The number of hydrogen-bond donors (Lipinski definition) is 2. The van der Waals surface area contributed by atoms with Gasteiger partial charge in [0.25, 0.3) is 0 Å². The SMILES string of the molecule is CC(C)(C)C(N)C(=O)Nc1ncccc1Br. The first-order valence-corrected chi connectivity index (χ1v) is 5.78. The Labute approximate surface area is 104 Å². The number of nitrogens with one attached hydrogen (secondary N) is 1. The second-order valence-electron chi connectivity index (χ2n) is 4.67. The average Bonchev–Trinajstić information content (AvgIpc) is 2.19. The smallest absolute Gasteiger partial charge is 0.243 e. The predicted octanol–water partition coefficient (Wildman–Crippen LogP) is 2.16. The van der Waals surface area contributed by atoms with Crippen LogP contribution in [0.5, 0.6) is 0 Å². The number of aromatic nitrogens is 1. The number of carbonyl (C=O) groups is 1. The highest BCUT2D eigenvalue weighted by molar-refractivity contribution is 9.10. The zero-order valence-corrected chi connectivity index (χ0v) is 11.2. The normalized spacial score (nSPS) is 13.3. The van der Waals surface area contributed by atoms with E-state index in [4.69, 9.17) is 5.73 Å². The molecule has 0 radical (unpaired) electrons. The summed E-state index contributed by atoms with van der Waals surface area (Å²) in [7, 11) is 0. The molecule has 0 aliphatic heterocycles. The molecule has 1 aromatic heterocycles. The van der Waals surface area contributed by atoms with E-state index in [1.54, 1.807) is 12.3 Å². The van der Waals surface area contributed by atoms with Crippen molar-refractivity contribution in [3.63, 3.8) is 0 Å². The van der Waals surface area contributed by atoms with Gasteiger partial charge in [-0.2, -0.15) is 0 Å². The van der Waals surface area contributed by atoms with E-state index in [-0.39, 0.29) is 11.3 Å². The number of anilines is 1. The number of hydrogen-bond acceptors (Lipinski definition) is 3. The molecule has 0 fully saturated rings. The molecule has 5 heteroatoms. The summed E-state index contributed by atoms with van der Waals surface area (Å²) in [6, 6.07) is 3.02. The molecule has 0 aromatic carbocycles. The van der Waals surface area contributed by atoms with Crippen molar-refractivity contribution < 1.29 is 4.79 Å². The Bertz CT molecular complexity index is 387. The van der Waals surface area contributed by atoms with E-state index in [9.17, 15) is 4.79 Å². The molecule has 0 aliphatic rings. The Hall–Kier alpha value is -0.940. The first kappa shape index (κ1) is 13.1. The Morgan fingerprint density at radius 3 is 2.69 bits per heavy atom. The third-order valence-electron chi connectivity index (χ3n) is 2.22. The molecule has 1 rings (SSSR count). The Balaban J connectivity index is 2.76. The second-order valence-corrected chi connectivity index (χ2v) is 5.52. The van der Waals surface area contributed by atoms with E-state index in [0.29, 0.717) is 5.82 Å². The number of nitrogens with zero attached hydrogens (tertiary/aromatic N) is 1. The summed E-state index contributed by atoms with van der Waals surface area (Å²) in [5.74, 6) is 0.263. The summed E-state index contributed by atoms with van der Waals surface area (Å²) in [5, 5.41) is 2.69. The van der Waals surface area contributed by atoms with Crippen molar-refractivity contribution in [2.24, 2.45) is 11.1 Å². The van der Waals surface area contributed by atoms with Crippen molar-refractivity contribution in [2.45, 2.75) is 26.8 Å². The van der Waals surface area contributed by atoms with Gasteiger partial charge in [-0.05, 0) is 33.5 Å². The first-order valence-electron chi connectivity index (χ1n) is 4.99. The van der Waals surface area contributed by atoms with Crippen LogP contribution in [0.25, 0.3) is 0 Å². The molecule has 0 aliphatic carbocycles. The highest BCUT2D eigenvalue weighted by atomic mass is 79.9. The minimum Gasteiger partial charge on any atom is -0.319 e. The summed E-state index contributed by atoms with van der Waals surface area (Å²) in [6.07, 6.45) is 1.61. The van der Waals surface area contributed by atoms with Crippen LogP contribution >= 0.6 is 15.9 Å². The maximum absolute atomic E-state index is 11.8. The molecular weight excluding hydrogens is 270 g/mol. The Morgan fingerprint density at radius 1 is 1.56 bits per heavy atom. The number of pyridine rings is 1. The van der Waals surface area contributed by atoms with Gasteiger partial charge < -0.3 is 11.1 Å². The minimum atomic E-state index is -0.568. The molecule has 1 unspecified atom stereocenters. The summed E-state index contributed by atoms with van der Waals surface area (Å²) >= 11 is 3.31. The van der Waals surface area contributed by atoms with Gasteiger partial charge >= 0.3 is 0 Å². The Morgan fingerprint density at radius 2 is 2.19 bits per heavy atom. The molecule has 0 saturated heterocycles. The van der Waals surface area contributed by atoms with Crippen LogP contribution < -0.4 is 11.1 Å². The van der Waals surface area contributed by atoms with Crippen molar-refractivity contribution in [1.29, 1.82) is 0 Å². The van der Waals surface area contributed by atoms with Crippen LogP contribution in [0.2, 0.25) is 0 Å². The van der Waals surface area contributed by atoms with E-state index in [1.165, 1.54) is 0 Å². The topological polar surface area (TPSA) is 68.0 Å². The van der Waals surface area contributed by atoms with Gasteiger partial charge in [0, 0.05) is 6.20 Å². The summed E-state index contributed by atoms with van der Waals surface area (Å²) in [5.41, 5.74) is 5.56. The number of nitrogens with two attached hydrogens (primary N) is 1. The fraction of sp³-hybridized carbons (Fsp3) is 0.455. The summed E-state index contributed by atoms with van der Waals surface area (Å²) in [4.78, 5) is 15.9. The number of halogens is 1. The van der Waals surface area contributed by atoms with Gasteiger partial charge in [0.05, 0.1) is 10.5 Å². The van der Waals surface area contributed by atoms with Crippen LogP contribution in [-0.4, -0.2) is 16.9 Å². The van der Waals surface area contributed by atoms with Crippen LogP contribution in [0.1, 0.15) is 20.8 Å². The first-order chi connectivity index (χ1) is 7.32. The molecule has 1 heterocycles. The van der Waals surface area contributed by atoms with Gasteiger partial charge in [-0.3, -0.25) is 4.79 Å². The molecule has 1 aromatic rings. The zero-order chi connectivity index (χ0) is 12.3. The third kappa shape index (κ3) is 3.28. The number of carbonyl (C=O) groups excluding carboxylic acids is 1. The summed E-state index contributed by atoms with van der Waals surface area (Å²) < 4.78 is 0.740. The quantitative estimate of drug-likeness (QED) is 0.875. The van der Waals surface area contributed by atoms with Gasteiger partial charge in [-0.15, -0.1) is 0 Å². The van der Waals surface area contributed by atoms with Crippen LogP contribution in [0.3, 0.4) is 0 Å². The molecule has 1 atom stereocenters. The van der Waals surface area contributed by atoms with E-state index in [2.05, 4.69) is 26.2 Å². The largest absolute Gasteiger partial charge is 0.319 e. The van der Waals surface area contributed by atoms with Crippen molar-refractivity contribution in [1.82, 2.24) is 4.98 Å². The van der Waals surface area contributed by atoms with Crippen LogP contribution in [0.4, 0.5) is 5.82 Å². The Kier molecular flexibility index (Phi) is 4.04. The lowest BCUT2D eigenvalue weighted by atomic mass is 9.87. The lowest BCUT2D eigenvalue weighted by Crippen LogP contribution is -2.45. The summed E-state index contributed by atoms with van der Waals surface area (Å²) in [6.45, 7) is 5.76. The van der Waals surface area contributed by atoms with Crippen LogP contribution in [0.15, 0.2) is 22.8 Å². The van der Waals surface area contributed by atoms with Crippen molar-refractivity contribution in [2.75, 3.05) is 5.32 Å². The molecule has 0 saturated carbocycles. The standard InChI is InChI=1S/C11H16BrN3O/c1-11(2,3)8(13)10(16)15-9-7(12)5-4-6-14-9/h4-6,8H,13H2,1-3H3,(H,14,15,16). The lowest BCUT2D eigenvalue weighted by molar-refractivity contribution is -0.119. The molecule has 4 nitrogen and oxygen atoms in total. The number of rotatable bonds is 2. The molecule has 0 bridgehead atoms. The van der Waals surface area contributed by atoms with Crippen LogP contribution in [0, 0.1) is 5.41 Å². The monoisotopic (exact) mass is 285 g/mol. The highest BCUT2D eigenvalue weighted by Crippen LogP contribution is 2.21. The van der Waals surface area contributed by atoms with Gasteiger partial charge in [0.1, 0.15) is 5.82 Å². The van der Waals surface area contributed by atoms with E-state index < -0.39 is 6.04 Å². The number of amides is 1. The highest BCUT2D eigenvalue weighted by Gasteiger charge is 2.27.